The van der Waals surface area contributed by atoms with Crippen LogP contribution in [0, 0.1) is 0 Å². The molecule has 0 amide bonds. The van der Waals surface area contributed by atoms with Crippen molar-refractivity contribution in [3.8, 4) is 0 Å². The molecule has 1 unspecified atom stereocenters. The lowest BCUT2D eigenvalue weighted by atomic mass is 10.3. The van der Waals surface area contributed by atoms with Crippen LogP contribution < -0.4 is 0 Å². The van der Waals surface area contributed by atoms with E-state index in [0.717, 1.165) is 5.56 Å². The second kappa shape index (κ2) is 2.65. The SMILES string of the molecule is [13CH3][13CH](O)c1ccccc1. The van der Waals surface area contributed by atoms with Crippen LogP contribution in [0.1, 0.15) is 18.6 Å². The van der Waals surface area contributed by atoms with Crippen LogP contribution in [-0.2, 0) is 0 Å². The Kier molecular flexibility index (Phi) is 1.85. The van der Waals surface area contributed by atoms with Gasteiger partial charge in [-0.05, 0) is 12.5 Å². The minimum Gasteiger partial charge on any atom is -0.389 e. The molecule has 0 aliphatic carbocycles. The van der Waals surface area contributed by atoms with E-state index in [1.165, 1.54) is 0 Å². The van der Waals surface area contributed by atoms with Crippen molar-refractivity contribution >= 4 is 0 Å². The molecular formula is C8H10O. The van der Waals surface area contributed by atoms with Crippen molar-refractivity contribution in [2.45, 2.75) is 13.0 Å². The summed E-state index contributed by atoms with van der Waals surface area (Å²) in [5.74, 6) is 0. The molecule has 0 heterocycles. The van der Waals surface area contributed by atoms with Crippen molar-refractivity contribution in [1.29, 1.82) is 0 Å². The van der Waals surface area contributed by atoms with Gasteiger partial charge in [0.25, 0.3) is 0 Å². The Labute approximate surface area is 55.0 Å². The van der Waals surface area contributed by atoms with Crippen LogP contribution in [0.25, 0.3) is 0 Å². The first-order valence-corrected chi connectivity index (χ1v) is 3.03. The molecule has 9 heavy (non-hydrogen) atoms. The summed E-state index contributed by atoms with van der Waals surface area (Å²) in [6.45, 7) is 1.76. The molecule has 0 aliphatic heterocycles. The molecule has 0 aromatic heterocycles. The van der Waals surface area contributed by atoms with Gasteiger partial charge in [-0.3, -0.25) is 0 Å². The minimum atomic E-state index is -0.341. The van der Waals surface area contributed by atoms with E-state index in [0.29, 0.717) is 0 Å². The number of rotatable bonds is 1. The summed E-state index contributed by atoms with van der Waals surface area (Å²) in [7, 11) is 0. The van der Waals surface area contributed by atoms with Crippen molar-refractivity contribution in [1.82, 2.24) is 0 Å². The summed E-state index contributed by atoms with van der Waals surface area (Å²) in [6.07, 6.45) is -0.341. The van der Waals surface area contributed by atoms with E-state index >= 15 is 0 Å². The third kappa shape index (κ3) is 1.54. The van der Waals surface area contributed by atoms with Gasteiger partial charge in [-0.2, -0.15) is 0 Å². The molecular weight excluding hydrogens is 114 g/mol. The molecule has 48 valence electrons. The molecule has 1 aromatic carbocycles. The van der Waals surface area contributed by atoms with Gasteiger partial charge in [0.05, 0.1) is 6.10 Å². The Morgan fingerprint density at radius 3 is 2.11 bits per heavy atom. The first-order valence-electron chi connectivity index (χ1n) is 3.03. The van der Waals surface area contributed by atoms with E-state index in [1.54, 1.807) is 6.92 Å². The van der Waals surface area contributed by atoms with Crippen LogP contribution >= 0.6 is 0 Å². The summed E-state index contributed by atoms with van der Waals surface area (Å²) in [5.41, 5.74) is 0.970. The molecule has 0 saturated carbocycles. The van der Waals surface area contributed by atoms with Crippen LogP contribution in [0.5, 0.6) is 0 Å². The monoisotopic (exact) mass is 124 g/mol. The van der Waals surface area contributed by atoms with E-state index in [4.69, 9.17) is 5.11 Å². The van der Waals surface area contributed by atoms with Crippen molar-refractivity contribution in [3.05, 3.63) is 35.9 Å². The average molecular weight is 124 g/mol. The van der Waals surface area contributed by atoms with Gasteiger partial charge in [0.1, 0.15) is 0 Å². The molecule has 1 rings (SSSR count). The molecule has 0 bridgehead atoms. The zero-order valence-corrected chi connectivity index (χ0v) is 5.41. The molecule has 1 atom stereocenters. The van der Waals surface area contributed by atoms with Gasteiger partial charge in [0.2, 0.25) is 0 Å². The van der Waals surface area contributed by atoms with Crippen LogP contribution in [0.2, 0.25) is 0 Å². The van der Waals surface area contributed by atoms with E-state index in [9.17, 15) is 0 Å². The summed E-state index contributed by atoms with van der Waals surface area (Å²) >= 11 is 0. The third-order valence-corrected chi connectivity index (χ3v) is 1.28. The highest BCUT2D eigenvalue weighted by atomic mass is 16.4. The van der Waals surface area contributed by atoms with E-state index in [-0.39, 0.29) is 6.10 Å². The van der Waals surface area contributed by atoms with Crippen molar-refractivity contribution in [2.75, 3.05) is 0 Å². The predicted octanol–water partition coefficient (Wildman–Crippen LogP) is 1.74. The maximum atomic E-state index is 9.02. The Balaban J connectivity index is 2.85. The zero-order chi connectivity index (χ0) is 6.69. The average Bonchev–Trinajstić information content (AvgIpc) is 1.90. The first kappa shape index (κ1) is 6.30. The van der Waals surface area contributed by atoms with Crippen LogP contribution in [-0.4, -0.2) is 5.11 Å². The smallest absolute Gasteiger partial charge is 0.0761 e. The normalized spacial score (nSPS) is 13.1. The molecule has 0 saturated heterocycles. The first-order chi connectivity index (χ1) is 4.30. The molecule has 1 heteroatoms. The number of aliphatic hydroxyl groups is 1. The van der Waals surface area contributed by atoms with Crippen molar-refractivity contribution < 1.29 is 5.11 Å². The lowest BCUT2D eigenvalue weighted by Gasteiger charge is -2.00. The van der Waals surface area contributed by atoms with Gasteiger partial charge in [0.15, 0.2) is 0 Å². The van der Waals surface area contributed by atoms with Crippen LogP contribution in [0.3, 0.4) is 0 Å². The fourth-order valence-electron chi connectivity index (χ4n) is 0.732. The second-order valence-electron chi connectivity index (χ2n) is 2.09. The fourth-order valence-corrected chi connectivity index (χ4v) is 0.732. The van der Waals surface area contributed by atoms with Crippen LogP contribution in [0.4, 0.5) is 0 Å². The summed E-state index contributed by atoms with van der Waals surface area (Å²) in [6, 6.07) is 9.59. The quantitative estimate of drug-likeness (QED) is 0.565. The number of aliphatic hydroxyl groups excluding tert-OH is 1. The van der Waals surface area contributed by atoms with Crippen molar-refractivity contribution in [2.24, 2.45) is 0 Å². The Hall–Kier alpha value is -0.820. The van der Waals surface area contributed by atoms with E-state index in [2.05, 4.69) is 0 Å². The molecule has 0 radical (unpaired) electrons. The highest BCUT2D eigenvalue weighted by molar-refractivity contribution is 5.16. The second-order valence-corrected chi connectivity index (χ2v) is 2.09. The topological polar surface area (TPSA) is 20.2 Å². The minimum absolute atomic E-state index is 0.341. The molecule has 0 spiro atoms. The van der Waals surface area contributed by atoms with Gasteiger partial charge >= 0.3 is 0 Å². The van der Waals surface area contributed by atoms with Gasteiger partial charge in [-0.25, -0.2) is 0 Å². The lowest BCUT2D eigenvalue weighted by molar-refractivity contribution is 0.199. The Morgan fingerprint density at radius 1 is 1.22 bits per heavy atom. The number of benzene rings is 1. The van der Waals surface area contributed by atoms with Gasteiger partial charge in [-0.1, -0.05) is 30.3 Å². The standard InChI is InChI=1S/C8H10O/c1-7(9)8-5-3-2-4-6-8/h2-7,9H,1H3/i1+1,7+1. The Morgan fingerprint density at radius 2 is 1.78 bits per heavy atom. The largest absolute Gasteiger partial charge is 0.389 e. The van der Waals surface area contributed by atoms with E-state index in [1.807, 2.05) is 30.3 Å². The zero-order valence-electron chi connectivity index (χ0n) is 5.41. The maximum absolute atomic E-state index is 9.02. The lowest BCUT2D eigenvalue weighted by Crippen LogP contribution is -1.87. The summed E-state index contributed by atoms with van der Waals surface area (Å²) < 4.78 is 0. The number of hydrogen-bond donors (Lipinski definition) is 1. The molecule has 1 N–H and O–H groups in total. The maximum Gasteiger partial charge on any atom is 0.0761 e. The van der Waals surface area contributed by atoms with Gasteiger partial charge in [-0.15, -0.1) is 0 Å². The van der Waals surface area contributed by atoms with Gasteiger partial charge in [0, 0.05) is 0 Å². The van der Waals surface area contributed by atoms with Crippen LogP contribution in [0.15, 0.2) is 30.3 Å². The fraction of sp³-hybridized carbons (Fsp3) is 0.250. The Bertz CT molecular complexity index is 167. The molecule has 1 aromatic rings. The molecule has 0 aliphatic rings. The van der Waals surface area contributed by atoms with Crippen molar-refractivity contribution in [3.63, 3.8) is 0 Å². The number of hydrogen-bond acceptors (Lipinski definition) is 1. The molecule has 0 fully saturated rings. The summed E-state index contributed by atoms with van der Waals surface area (Å²) in [4.78, 5) is 0. The van der Waals surface area contributed by atoms with E-state index < -0.39 is 0 Å². The predicted molar refractivity (Wildman–Crippen MR) is 37.1 cm³/mol. The van der Waals surface area contributed by atoms with Gasteiger partial charge < -0.3 is 5.11 Å². The highest BCUT2D eigenvalue weighted by Crippen LogP contribution is 2.08. The third-order valence-electron chi connectivity index (χ3n) is 1.28. The molecule has 1 nitrogen and oxygen atoms in total. The highest BCUT2D eigenvalue weighted by Gasteiger charge is 1.95. The summed E-state index contributed by atoms with van der Waals surface area (Å²) in [5, 5.41) is 9.02.